The van der Waals surface area contributed by atoms with Gasteiger partial charge < -0.3 is 9.97 Å². The average Bonchev–Trinajstić information content (AvgIpc) is 4.00. The van der Waals surface area contributed by atoms with Gasteiger partial charge in [-0.3, -0.25) is 10.1 Å². The average molecular weight is 716 g/mol. The van der Waals surface area contributed by atoms with Gasteiger partial charge in [-0.05, 0) is 56.7 Å². The summed E-state index contributed by atoms with van der Waals surface area (Å²) in [5, 5.41) is 12.9. The molecular formula is C44H27N5NiO2. The Bertz CT molecular complexity index is 2700. The number of nitrogens with zero attached hydrogens (tertiary/aromatic N) is 5. The van der Waals surface area contributed by atoms with Crippen molar-refractivity contribution in [2.24, 2.45) is 0 Å². The number of rotatable bonds is 5. The number of aromatic nitrogens is 4. The first-order valence-electron chi connectivity index (χ1n) is 16.6. The number of nitro groups is 1. The van der Waals surface area contributed by atoms with Gasteiger partial charge in [-0.2, -0.15) is 0 Å². The second kappa shape index (κ2) is 13.6. The van der Waals surface area contributed by atoms with Gasteiger partial charge in [0.05, 0.1) is 22.0 Å². The fourth-order valence-corrected chi connectivity index (χ4v) is 6.89. The molecule has 7 nitrogen and oxygen atoms in total. The first-order valence-corrected chi connectivity index (χ1v) is 16.6. The van der Waals surface area contributed by atoms with Gasteiger partial charge in [0.1, 0.15) is 5.69 Å². The Morgan fingerprint density at radius 1 is 0.442 bits per heavy atom. The summed E-state index contributed by atoms with van der Waals surface area (Å²) in [5.41, 5.74) is 11.3. The summed E-state index contributed by atoms with van der Waals surface area (Å²) in [6.45, 7) is 0. The summed E-state index contributed by atoms with van der Waals surface area (Å²) in [5.74, 6) is 0. The Morgan fingerprint density at radius 2 is 0.788 bits per heavy atom. The van der Waals surface area contributed by atoms with Crippen molar-refractivity contribution in [3.05, 3.63) is 178 Å². The van der Waals surface area contributed by atoms with Gasteiger partial charge in [0.25, 0.3) is 5.70 Å². The fraction of sp³-hybridized carbons (Fsp3) is 0. The maximum atomic E-state index is 12.9. The normalized spacial score (nSPS) is 11.9. The fourth-order valence-electron chi connectivity index (χ4n) is 6.89. The predicted octanol–water partition coefficient (Wildman–Crippen LogP) is 10.2. The maximum Gasteiger partial charge on any atom is 2.00 e. The Morgan fingerprint density at radius 3 is 1.17 bits per heavy atom. The van der Waals surface area contributed by atoms with Crippen LogP contribution in [0.1, 0.15) is 22.8 Å². The van der Waals surface area contributed by atoms with Crippen molar-refractivity contribution in [1.29, 1.82) is 0 Å². The Balaban J connectivity index is 0.00000387. The van der Waals surface area contributed by atoms with E-state index in [0.717, 1.165) is 50.3 Å². The van der Waals surface area contributed by atoms with E-state index in [1.807, 2.05) is 146 Å². The van der Waals surface area contributed by atoms with Crippen molar-refractivity contribution in [1.82, 2.24) is 19.9 Å². The first kappa shape index (κ1) is 32.6. The molecule has 0 unspecified atom stereocenters. The van der Waals surface area contributed by atoms with Gasteiger partial charge in [0.15, 0.2) is 0 Å². The van der Waals surface area contributed by atoms with E-state index in [2.05, 4.69) is 12.1 Å². The van der Waals surface area contributed by atoms with Crippen molar-refractivity contribution in [3.63, 3.8) is 0 Å². The molecule has 0 atom stereocenters. The van der Waals surface area contributed by atoms with Gasteiger partial charge in [-0.15, -0.1) is 22.1 Å². The van der Waals surface area contributed by atoms with E-state index >= 15 is 0 Å². The van der Waals surface area contributed by atoms with Gasteiger partial charge in [0, 0.05) is 6.08 Å². The minimum atomic E-state index is -0.364. The molecule has 5 heterocycles. The summed E-state index contributed by atoms with van der Waals surface area (Å²) in [4.78, 5) is 33.2. The molecule has 0 saturated carbocycles. The molecule has 0 N–H and O–H groups in total. The molecule has 0 aliphatic carbocycles. The molecular weight excluding hydrogens is 689 g/mol. The molecule has 2 aliphatic heterocycles. The van der Waals surface area contributed by atoms with Crippen LogP contribution < -0.4 is 9.97 Å². The second-order valence-electron chi connectivity index (χ2n) is 12.2. The van der Waals surface area contributed by atoms with Crippen LogP contribution in [0, 0.1) is 10.1 Å². The van der Waals surface area contributed by atoms with Crippen LogP contribution in [0.5, 0.6) is 0 Å². The van der Waals surface area contributed by atoms with Crippen LogP contribution in [-0.2, 0) is 16.5 Å². The van der Waals surface area contributed by atoms with E-state index in [9.17, 15) is 10.1 Å². The van der Waals surface area contributed by atoms with Crippen molar-refractivity contribution < 1.29 is 21.4 Å². The SMILES string of the molecule is O=[N+]([O-])C1=Cc2nc1c(-c1ccccc1)c1ccc([n-]1)c(-c1ccccc1)c1nc(c(-c3ccccc3)c3ccc([n-]3)c2-c2ccccc2)C=C1.[Ni+2]. The number of fused-ring (bicyclic) bond motifs is 8. The third kappa shape index (κ3) is 5.75. The predicted molar refractivity (Wildman–Crippen MR) is 204 cm³/mol. The summed E-state index contributed by atoms with van der Waals surface area (Å²) >= 11 is 0. The topological polar surface area (TPSA) is 97.1 Å². The Labute approximate surface area is 309 Å². The first-order chi connectivity index (χ1) is 25.1. The molecule has 0 saturated heterocycles. The van der Waals surface area contributed by atoms with E-state index < -0.39 is 0 Å². The third-order valence-electron chi connectivity index (χ3n) is 9.14. The molecule has 4 aromatic carbocycles. The van der Waals surface area contributed by atoms with Crippen molar-refractivity contribution in [2.45, 2.75) is 0 Å². The summed E-state index contributed by atoms with van der Waals surface area (Å²) in [6.07, 6.45) is 5.62. The van der Waals surface area contributed by atoms with Crippen LogP contribution in [0.4, 0.5) is 0 Å². The summed E-state index contributed by atoms with van der Waals surface area (Å²) in [7, 11) is 0. The molecule has 0 spiro atoms. The zero-order valence-corrected chi connectivity index (χ0v) is 28.4. The van der Waals surface area contributed by atoms with Crippen LogP contribution >= 0.6 is 0 Å². The number of hydrogen-bond donors (Lipinski definition) is 0. The van der Waals surface area contributed by atoms with Gasteiger partial charge >= 0.3 is 16.5 Å². The van der Waals surface area contributed by atoms with Crippen LogP contribution in [-0.4, -0.2) is 14.9 Å². The summed E-state index contributed by atoms with van der Waals surface area (Å²) < 4.78 is 0. The van der Waals surface area contributed by atoms with Crippen LogP contribution in [0.15, 0.2) is 146 Å². The van der Waals surface area contributed by atoms with Crippen LogP contribution in [0.2, 0.25) is 0 Å². The maximum absolute atomic E-state index is 12.9. The van der Waals surface area contributed by atoms with E-state index in [4.69, 9.17) is 19.9 Å². The third-order valence-corrected chi connectivity index (χ3v) is 9.14. The Kier molecular flexibility index (Phi) is 8.51. The van der Waals surface area contributed by atoms with E-state index in [0.29, 0.717) is 33.4 Å². The quantitative estimate of drug-likeness (QED) is 0.1000. The van der Waals surface area contributed by atoms with Gasteiger partial charge in [-0.25, -0.2) is 9.97 Å². The second-order valence-corrected chi connectivity index (χ2v) is 12.2. The van der Waals surface area contributed by atoms with E-state index in [1.165, 1.54) is 0 Å². The molecule has 8 heteroatoms. The van der Waals surface area contributed by atoms with Gasteiger partial charge in [-0.1, -0.05) is 146 Å². The molecule has 3 aromatic heterocycles. The molecule has 0 fully saturated rings. The zero-order chi connectivity index (χ0) is 34.3. The molecule has 7 aromatic rings. The van der Waals surface area contributed by atoms with E-state index in [1.54, 1.807) is 6.08 Å². The van der Waals surface area contributed by atoms with E-state index in [-0.39, 0.29) is 32.8 Å². The van der Waals surface area contributed by atoms with Gasteiger partial charge in [0.2, 0.25) is 0 Å². The molecule has 52 heavy (non-hydrogen) atoms. The molecule has 8 bridgehead atoms. The zero-order valence-electron chi connectivity index (χ0n) is 27.5. The minimum Gasteiger partial charge on any atom is -0.657 e. The monoisotopic (exact) mass is 715 g/mol. The van der Waals surface area contributed by atoms with Crippen molar-refractivity contribution in [2.75, 3.05) is 0 Å². The number of benzene rings is 4. The minimum absolute atomic E-state index is 0. The summed E-state index contributed by atoms with van der Waals surface area (Å²) in [6, 6.07) is 47.3. The molecule has 250 valence electrons. The standard InChI is InChI=1S/C44H27N5O2.Ni/c50-49(51)39-27-38-42(30-17-9-3-10-18-30)36-24-23-34(46-36)40(28-13-5-1-6-14-28)32-21-22-33(45-32)41(29-15-7-2-8-16-29)35-25-26-37(47-35)43(44(39)48-38)31-19-11-4-12-20-31;/h1-27H;/q-2;+2. The molecule has 2 aliphatic rings. The van der Waals surface area contributed by atoms with Crippen LogP contribution in [0.25, 0.3) is 90.5 Å². The van der Waals surface area contributed by atoms with Crippen molar-refractivity contribution >= 4 is 46.0 Å². The largest absolute Gasteiger partial charge is 2.00 e. The van der Waals surface area contributed by atoms with Crippen molar-refractivity contribution in [3.8, 4) is 44.5 Å². The molecule has 0 amide bonds. The Hall–Kier alpha value is -6.63. The smallest absolute Gasteiger partial charge is 0.657 e. The molecule has 9 rings (SSSR count). The number of hydrogen-bond acceptors (Lipinski definition) is 4. The molecule has 0 radical (unpaired) electrons. The van der Waals surface area contributed by atoms with Crippen LogP contribution in [0.3, 0.4) is 0 Å².